The quantitative estimate of drug-likeness (QED) is 0.853. The molecule has 0 atom stereocenters. The van der Waals surface area contributed by atoms with Crippen LogP contribution in [0.1, 0.15) is 44.2 Å². The second-order valence-corrected chi connectivity index (χ2v) is 6.20. The minimum atomic E-state index is 0.693. The van der Waals surface area contributed by atoms with Gasteiger partial charge in [-0.25, -0.2) is 4.98 Å². The molecule has 0 aromatic carbocycles. The van der Waals surface area contributed by atoms with Gasteiger partial charge in [-0.2, -0.15) is 0 Å². The van der Waals surface area contributed by atoms with E-state index in [1.165, 1.54) is 30.4 Å². The van der Waals surface area contributed by atoms with Crippen molar-refractivity contribution in [3.63, 3.8) is 0 Å². The summed E-state index contributed by atoms with van der Waals surface area (Å²) >= 11 is 0. The van der Waals surface area contributed by atoms with Crippen LogP contribution in [-0.2, 0) is 6.54 Å². The number of nitrogens with zero attached hydrogens (tertiary/aromatic N) is 2. The van der Waals surface area contributed by atoms with Gasteiger partial charge in [0.05, 0.1) is 0 Å². The third-order valence-electron chi connectivity index (χ3n) is 3.95. The van der Waals surface area contributed by atoms with Crippen LogP contribution < -0.4 is 10.2 Å². The van der Waals surface area contributed by atoms with Crippen LogP contribution in [0.15, 0.2) is 12.3 Å². The van der Waals surface area contributed by atoms with Crippen molar-refractivity contribution >= 4 is 5.82 Å². The first kappa shape index (κ1) is 14.3. The summed E-state index contributed by atoms with van der Waals surface area (Å²) in [7, 11) is 2.18. The van der Waals surface area contributed by atoms with Crippen molar-refractivity contribution in [3.05, 3.63) is 23.4 Å². The molecule has 0 amide bonds. The van der Waals surface area contributed by atoms with Crippen LogP contribution in [0.4, 0.5) is 5.82 Å². The molecule has 1 aliphatic carbocycles. The van der Waals surface area contributed by atoms with Crippen LogP contribution in [0.2, 0.25) is 0 Å². The molecular weight excluding hydrogens is 234 g/mol. The number of aromatic nitrogens is 1. The molecule has 0 saturated heterocycles. The highest BCUT2D eigenvalue weighted by Crippen LogP contribution is 2.28. The Balaban J connectivity index is 1.96. The van der Waals surface area contributed by atoms with E-state index >= 15 is 0 Å². The highest BCUT2D eigenvalue weighted by atomic mass is 15.2. The highest BCUT2D eigenvalue weighted by Gasteiger charge is 2.23. The van der Waals surface area contributed by atoms with Gasteiger partial charge in [0.2, 0.25) is 0 Å². The molecule has 3 nitrogen and oxygen atoms in total. The van der Waals surface area contributed by atoms with Gasteiger partial charge in [-0.3, -0.25) is 0 Å². The largest absolute Gasteiger partial charge is 0.356 e. The zero-order chi connectivity index (χ0) is 13.8. The van der Waals surface area contributed by atoms with Crippen molar-refractivity contribution in [2.45, 2.75) is 52.6 Å². The van der Waals surface area contributed by atoms with E-state index in [9.17, 15) is 0 Å². The minimum absolute atomic E-state index is 0.693. The summed E-state index contributed by atoms with van der Waals surface area (Å²) in [5, 5.41) is 3.47. The molecule has 0 bridgehead atoms. The van der Waals surface area contributed by atoms with E-state index in [1.807, 2.05) is 6.20 Å². The van der Waals surface area contributed by atoms with E-state index < -0.39 is 0 Å². The standard InChI is InChI=1S/C16H27N3/c1-12(2)9-17-10-14-8-13(3)16(18-11-14)19(4)15-6-5-7-15/h8,11-12,15,17H,5-7,9-10H2,1-4H3. The zero-order valence-corrected chi connectivity index (χ0v) is 12.7. The Morgan fingerprint density at radius 1 is 1.42 bits per heavy atom. The molecule has 0 aliphatic heterocycles. The van der Waals surface area contributed by atoms with E-state index in [1.54, 1.807) is 0 Å². The number of hydrogen-bond acceptors (Lipinski definition) is 3. The van der Waals surface area contributed by atoms with E-state index in [0.29, 0.717) is 12.0 Å². The minimum Gasteiger partial charge on any atom is -0.356 e. The highest BCUT2D eigenvalue weighted by molar-refractivity contribution is 5.48. The first-order chi connectivity index (χ1) is 9.08. The molecule has 0 radical (unpaired) electrons. The fourth-order valence-electron chi connectivity index (χ4n) is 2.54. The fourth-order valence-corrected chi connectivity index (χ4v) is 2.54. The number of rotatable bonds is 6. The van der Waals surface area contributed by atoms with Crippen molar-refractivity contribution in [3.8, 4) is 0 Å². The van der Waals surface area contributed by atoms with Crippen molar-refractivity contribution in [2.24, 2.45) is 5.92 Å². The number of hydrogen-bond donors (Lipinski definition) is 1. The Labute approximate surface area is 117 Å². The van der Waals surface area contributed by atoms with Gasteiger partial charge in [0.25, 0.3) is 0 Å². The Kier molecular flexibility index (Phi) is 4.81. The molecule has 1 aromatic heterocycles. The van der Waals surface area contributed by atoms with Crippen molar-refractivity contribution < 1.29 is 0 Å². The van der Waals surface area contributed by atoms with Crippen LogP contribution in [0, 0.1) is 12.8 Å². The predicted octanol–water partition coefficient (Wildman–Crippen LogP) is 3.12. The lowest BCUT2D eigenvalue weighted by Gasteiger charge is -2.36. The Morgan fingerprint density at radius 3 is 2.68 bits per heavy atom. The maximum Gasteiger partial charge on any atom is 0.131 e. The average Bonchev–Trinajstić information content (AvgIpc) is 2.26. The monoisotopic (exact) mass is 261 g/mol. The lowest BCUT2D eigenvalue weighted by Crippen LogP contribution is -2.38. The molecule has 3 heteroatoms. The SMILES string of the molecule is Cc1cc(CNCC(C)C)cnc1N(C)C1CCC1. The first-order valence-electron chi connectivity index (χ1n) is 7.47. The summed E-state index contributed by atoms with van der Waals surface area (Å²) in [6.45, 7) is 8.60. The van der Waals surface area contributed by atoms with Crippen LogP contribution in [0.5, 0.6) is 0 Å². The molecule has 0 unspecified atom stereocenters. The molecule has 1 aromatic rings. The third-order valence-corrected chi connectivity index (χ3v) is 3.95. The predicted molar refractivity (Wildman–Crippen MR) is 81.6 cm³/mol. The molecule has 2 rings (SSSR count). The smallest absolute Gasteiger partial charge is 0.131 e. The second-order valence-electron chi connectivity index (χ2n) is 6.20. The Bertz CT molecular complexity index is 410. The van der Waals surface area contributed by atoms with Crippen LogP contribution in [0.3, 0.4) is 0 Å². The fraction of sp³-hybridized carbons (Fsp3) is 0.688. The number of aryl methyl sites for hydroxylation is 1. The van der Waals surface area contributed by atoms with Gasteiger partial charge >= 0.3 is 0 Å². The normalized spacial score (nSPS) is 15.6. The molecule has 19 heavy (non-hydrogen) atoms. The average molecular weight is 261 g/mol. The summed E-state index contributed by atoms with van der Waals surface area (Å²) in [4.78, 5) is 7.02. The summed E-state index contributed by atoms with van der Waals surface area (Å²) < 4.78 is 0. The molecule has 106 valence electrons. The van der Waals surface area contributed by atoms with E-state index in [0.717, 1.165) is 18.9 Å². The first-order valence-corrected chi connectivity index (χ1v) is 7.47. The van der Waals surface area contributed by atoms with Crippen molar-refractivity contribution in [1.82, 2.24) is 10.3 Å². The maximum atomic E-state index is 4.66. The van der Waals surface area contributed by atoms with Gasteiger partial charge in [-0.1, -0.05) is 13.8 Å². The van der Waals surface area contributed by atoms with Crippen molar-refractivity contribution in [2.75, 3.05) is 18.5 Å². The summed E-state index contributed by atoms with van der Waals surface area (Å²) in [6, 6.07) is 2.97. The molecule has 1 N–H and O–H groups in total. The van der Waals surface area contributed by atoms with E-state index in [2.05, 4.69) is 49.1 Å². The van der Waals surface area contributed by atoms with Gasteiger partial charge in [0.1, 0.15) is 5.82 Å². The third kappa shape index (κ3) is 3.69. The molecule has 1 aliphatic rings. The van der Waals surface area contributed by atoms with Crippen LogP contribution >= 0.6 is 0 Å². The van der Waals surface area contributed by atoms with Gasteiger partial charge in [0.15, 0.2) is 0 Å². The number of pyridine rings is 1. The Hall–Kier alpha value is -1.09. The summed E-state index contributed by atoms with van der Waals surface area (Å²) in [6.07, 6.45) is 6.01. The van der Waals surface area contributed by atoms with Gasteiger partial charge in [-0.15, -0.1) is 0 Å². The lowest BCUT2D eigenvalue weighted by atomic mass is 9.91. The van der Waals surface area contributed by atoms with Gasteiger partial charge < -0.3 is 10.2 Å². The van der Waals surface area contributed by atoms with Crippen LogP contribution in [0.25, 0.3) is 0 Å². The summed E-state index contributed by atoms with van der Waals surface area (Å²) in [5.74, 6) is 1.84. The zero-order valence-electron chi connectivity index (χ0n) is 12.7. The van der Waals surface area contributed by atoms with E-state index in [4.69, 9.17) is 0 Å². The lowest BCUT2D eigenvalue weighted by molar-refractivity contribution is 0.399. The summed E-state index contributed by atoms with van der Waals surface area (Å²) in [5.41, 5.74) is 2.57. The van der Waals surface area contributed by atoms with Gasteiger partial charge in [-0.05, 0) is 55.8 Å². The number of anilines is 1. The van der Waals surface area contributed by atoms with Crippen molar-refractivity contribution in [1.29, 1.82) is 0 Å². The maximum absolute atomic E-state index is 4.66. The molecular formula is C16H27N3. The molecule has 1 fully saturated rings. The molecule has 1 saturated carbocycles. The Morgan fingerprint density at radius 2 is 2.16 bits per heavy atom. The van der Waals surface area contributed by atoms with Gasteiger partial charge in [0, 0.05) is 25.8 Å². The van der Waals surface area contributed by atoms with Crippen LogP contribution in [-0.4, -0.2) is 24.6 Å². The molecule has 1 heterocycles. The second kappa shape index (κ2) is 6.38. The topological polar surface area (TPSA) is 28.2 Å². The number of nitrogens with one attached hydrogen (secondary N) is 1. The molecule has 0 spiro atoms. The van der Waals surface area contributed by atoms with E-state index in [-0.39, 0.29) is 0 Å².